The van der Waals surface area contributed by atoms with Gasteiger partial charge in [0.05, 0.1) is 5.56 Å². The van der Waals surface area contributed by atoms with Crippen molar-refractivity contribution in [3.8, 4) is 6.07 Å². The highest BCUT2D eigenvalue weighted by Crippen LogP contribution is 2.25. The van der Waals surface area contributed by atoms with Gasteiger partial charge in [-0.05, 0) is 25.1 Å². The summed E-state index contributed by atoms with van der Waals surface area (Å²) in [4.78, 5) is 15.9. The highest BCUT2D eigenvalue weighted by atomic mass is 19.1. The maximum atomic E-state index is 13.8. The van der Waals surface area contributed by atoms with E-state index in [2.05, 4.69) is 4.98 Å². The lowest BCUT2D eigenvalue weighted by molar-refractivity contribution is 0.104. The number of nitrogens with zero attached hydrogens (tertiary/aromatic N) is 1. The first kappa shape index (κ1) is 14.7. The van der Waals surface area contributed by atoms with Crippen LogP contribution < -0.4 is 0 Å². The molecule has 112 valence electrons. The number of carbonyl (C=O) groups is 1. The van der Waals surface area contributed by atoms with Crippen LogP contribution in [0.15, 0.2) is 54.1 Å². The molecular weight excluding hydrogens is 291 g/mol. The van der Waals surface area contributed by atoms with Crippen LogP contribution in [0.4, 0.5) is 4.39 Å². The standard InChI is InChI=1S/C19H13FN2O/c1-12-18(15-7-3-5-9-17(15)22-12)19(23)14(11-21)10-13-6-2-4-8-16(13)20/h2-10,22H,1H3/b14-10+. The van der Waals surface area contributed by atoms with Gasteiger partial charge in [0.15, 0.2) is 0 Å². The molecule has 3 nitrogen and oxygen atoms in total. The molecule has 1 N–H and O–H groups in total. The largest absolute Gasteiger partial charge is 0.358 e. The second kappa shape index (κ2) is 5.90. The Morgan fingerprint density at radius 1 is 1.17 bits per heavy atom. The van der Waals surface area contributed by atoms with Crippen LogP contribution in [0.1, 0.15) is 21.6 Å². The van der Waals surface area contributed by atoms with Gasteiger partial charge in [-0.2, -0.15) is 5.26 Å². The number of rotatable bonds is 3. The van der Waals surface area contributed by atoms with Crippen LogP contribution in [0, 0.1) is 24.1 Å². The van der Waals surface area contributed by atoms with Gasteiger partial charge in [0, 0.05) is 22.2 Å². The Morgan fingerprint density at radius 3 is 2.61 bits per heavy atom. The summed E-state index contributed by atoms with van der Waals surface area (Å²) in [7, 11) is 0. The minimum atomic E-state index is -0.469. The summed E-state index contributed by atoms with van der Waals surface area (Å²) >= 11 is 0. The number of halogens is 1. The molecule has 0 unspecified atom stereocenters. The number of hydrogen-bond acceptors (Lipinski definition) is 2. The van der Waals surface area contributed by atoms with Crippen LogP contribution in [0.25, 0.3) is 17.0 Å². The quantitative estimate of drug-likeness (QED) is 0.443. The minimum Gasteiger partial charge on any atom is -0.358 e. The molecular formula is C19H13FN2O. The number of nitrogens with one attached hydrogen (secondary N) is 1. The van der Waals surface area contributed by atoms with E-state index in [1.54, 1.807) is 19.1 Å². The van der Waals surface area contributed by atoms with E-state index in [1.807, 2.05) is 30.3 Å². The lowest BCUT2D eigenvalue weighted by atomic mass is 9.99. The summed E-state index contributed by atoms with van der Waals surface area (Å²) in [6, 6.07) is 15.3. The fraction of sp³-hybridized carbons (Fsp3) is 0.0526. The van der Waals surface area contributed by atoms with Crippen molar-refractivity contribution in [3.05, 3.63) is 76.7 Å². The van der Waals surface area contributed by atoms with Crippen molar-refractivity contribution in [2.45, 2.75) is 6.92 Å². The first-order valence-electron chi connectivity index (χ1n) is 7.10. The minimum absolute atomic E-state index is 0.0945. The molecule has 0 radical (unpaired) electrons. The van der Waals surface area contributed by atoms with Crippen molar-refractivity contribution in [3.63, 3.8) is 0 Å². The number of hydrogen-bond donors (Lipinski definition) is 1. The normalized spacial score (nSPS) is 11.4. The molecule has 1 heterocycles. The molecule has 0 aliphatic carbocycles. The van der Waals surface area contributed by atoms with E-state index in [0.29, 0.717) is 11.3 Å². The molecule has 0 aliphatic heterocycles. The van der Waals surface area contributed by atoms with E-state index < -0.39 is 11.6 Å². The maximum Gasteiger partial charge on any atom is 0.205 e. The van der Waals surface area contributed by atoms with Gasteiger partial charge < -0.3 is 4.98 Å². The smallest absolute Gasteiger partial charge is 0.205 e. The number of para-hydroxylation sites is 1. The molecule has 3 aromatic rings. The lowest BCUT2D eigenvalue weighted by Gasteiger charge is -2.01. The third-order valence-electron chi connectivity index (χ3n) is 3.69. The first-order chi connectivity index (χ1) is 11.1. The van der Waals surface area contributed by atoms with Gasteiger partial charge in [0.1, 0.15) is 17.5 Å². The Labute approximate surface area is 132 Å². The number of allylic oxidation sites excluding steroid dienone is 1. The highest BCUT2D eigenvalue weighted by Gasteiger charge is 2.19. The van der Waals surface area contributed by atoms with Crippen molar-refractivity contribution in [2.24, 2.45) is 0 Å². The topological polar surface area (TPSA) is 56.6 Å². The number of aromatic nitrogens is 1. The van der Waals surface area contributed by atoms with Crippen molar-refractivity contribution < 1.29 is 9.18 Å². The van der Waals surface area contributed by atoms with Gasteiger partial charge in [0.25, 0.3) is 0 Å². The molecule has 0 amide bonds. The first-order valence-corrected chi connectivity index (χ1v) is 7.10. The summed E-state index contributed by atoms with van der Waals surface area (Å²) in [6.07, 6.45) is 1.29. The molecule has 2 aromatic carbocycles. The van der Waals surface area contributed by atoms with E-state index in [9.17, 15) is 14.4 Å². The van der Waals surface area contributed by atoms with E-state index in [4.69, 9.17) is 0 Å². The molecule has 23 heavy (non-hydrogen) atoms. The number of fused-ring (bicyclic) bond motifs is 1. The average molecular weight is 304 g/mol. The summed E-state index contributed by atoms with van der Waals surface area (Å²) in [6.45, 7) is 1.78. The molecule has 0 spiro atoms. The number of H-pyrrole nitrogens is 1. The number of aromatic amines is 1. The fourth-order valence-corrected chi connectivity index (χ4v) is 2.60. The lowest BCUT2D eigenvalue weighted by Crippen LogP contribution is -2.03. The van der Waals surface area contributed by atoms with Gasteiger partial charge in [-0.1, -0.05) is 36.4 Å². The van der Waals surface area contributed by atoms with E-state index in [1.165, 1.54) is 18.2 Å². The summed E-state index contributed by atoms with van der Waals surface area (Å²) in [5, 5.41) is 10.1. The van der Waals surface area contributed by atoms with Crippen LogP contribution >= 0.6 is 0 Å². The number of carbonyl (C=O) groups excluding carboxylic acids is 1. The second-order valence-corrected chi connectivity index (χ2v) is 5.19. The third-order valence-corrected chi connectivity index (χ3v) is 3.69. The van der Waals surface area contributed by atoms with Crippen molar-refractivity contribution in [1.82, 2.24) is 4.98 Å². The molecule has 0 saturated carbocycles. The zero-order chi connectivity index (χ0) is 16.4. The molecule has 3 rings (SSSR count). The molecule has 0 saturated heterocycles. The highest BCUT2D eigenvalue weighted by molar-refractivity contribution is 6.20. The Kier molecular flexibility index (Phi) is 3.78. The van der Waals surface area contributed by atoms with Crippen molar-refractivity contribution in [2.75, 3.05) is 0 Å². The Balaban J connectivity index is 2.12. The van der Waals surface area contributed by atoms with Crippen LogP contribution in [0.3, 0.4) is 0 Å². The van der Waals surface area contributed by atoms with Crippen LogP contribution in [-0.2, 0) is 0 Å². The van der Waals surface area contributed by atoms with Gasteiger partial charge in [-0.3, -0.25) is 4.79 Å². The molecule has 1 aromatic heterocycles. The van der Waals surface area contributed by atoms with Gasteiger partial charge >= 0.3 is 0 Å². The van der Waals surface area contributed by atoms with E-state index in [0.717, 1.165) is 10.9 Å². The zero-order valence-corrected chi connectivity index (χ0v) is 12.4. The SMILES string of the molecule is Cc1[nH]c2ccccc2c1C(=O)/C(C#N)=C/c1ccccc1F. The molecule has 0 aliphatic rings. The second-order valence-electron chi connectivity index (χ2n) is 5.19. The predicted octanol–water partition coefficient (Wildman–Crippen LogP) is 4.41. The number of aryl methyl sites for hydroxylation is 1. The van der Waals surface area contributed by atoms with Crippen LogP contribution in [-0.4, -0.2) is 10.8 Å². The van der Waals surface area contributed by atoms with Gasteiger partial charge in [0.2, 0.25) is 5.78 Å². The van der Waals surface area contributed by atoms with Crippen LogP contribution in [0.5, 0.6) is 0 Å². The number of Topliss-reactive ketones (excluding diaryl/α,β-unsaturated/α-hetero) is 1. The number of benzene rings is 2. The molecule has 0 atom stereocenters. The number of ketones is 1. The molecule has 0 bridgehead atoms. The van der Waals surface area contributed by atoms with Gasteiger partial charge in [-0.15, -0.1) is 0 Å². The maximum absolute atomic E-state index is 13.8. The summed E-state index contributed by atoms with van der Waals surface area (Å²) in [5.74, 6) is -0.880. The monoisotopic (exact) mass is 304 g/mol. The third kappa shape index (κ3) is 2.65. The van der Waals surface area contributed by atoms with Crippen molar-refractivity contribution in [1.29, 1.82) is 5.26 Å². The zero-order valence-electron chi connectivity index (χ0n) is 12.4. The van der Waals surface area contributed by atoms with E-state index in [-0.39, 0.29) is 11.1 Å². The Morgan fingerprint density at radius 2 is 1.87 bits per heavy atom. The predicted molar refractivity (Wildman–Crippen MR) is 87.4 cm³/mol. The fourth-order valence-electron chi connectivity index (χ4n) is 2.60. The Bertz CT molecular complexity index is 976. The Hall–Kier alpha value is -3.19. The number of nitriles is 1. The molecule has 4 heteroatoms. The summed E-state index contributed by atoms with van der Waals surface area (Å²) < 4.78 is 13.8. The average Bonchev–Trinajstić information content (AvgIpc) is 2.89. The molecule has 0 fully saturated rings. The van der Waals surface area contributed by atoms with Crippen LogP contribution in [0.2, 0.25) is 0 Å². The van der Waals surface area contributed by atoms with Crippen molar-refractivity contribution >= 4 is 22.8 Å². The van der Waals surface area contributed by atoms with Gasteiger partial charge in [-0.25, -0.2) is 4.39 Å². The van der Waals surface area contributed by atoms with E-state index >= 15 is 0 Å². The summed E-state index contributed by atoms with van der Waals surface area (Å²) in [5.41, 5.74) is 2.09.